The molecule has 0 aliphatic heterocycles. The van der Waals surface area contributed by atoms with Crippen LogP contribution in [0.25, 0.3) is 16.8 Å². The van der Waals surface area contributed by atoms with Crippen molar-refractivity contribution in [1.82, 2.24) is 19.4 Å². The van der Waals surface area contributed by atoms with Crippen molar-refractivity contribution in [3.8, 4) is 0 Å². The van der Waals surface area contributed by atoms with Crippen LogP contribution in [0.1, 0.15) is 0 Å². The van der Waals surface area contributed by atoms with Gasteiger partial charge in [-0.3, -0.25) is 4.40 Å². The molecule has 0 saturated carbocycles. The fraction of sp³-hybridized carbons (Fsp3) is 0. The topological polar surface area (TPSA) is 81.1 Å². The Hall–Kier alpha value is -2.21. The standard InChI is InChI=1S/C9H8N6/c10-14-7-9-12-4-5-15(9)8-6(13-7)2-1-3-11-8/h1-5H,10H2,(H,13,14). The number of imidazole rings is 1. The molecule has 3 N–H and O–H groups in total. The van der Waals surface area contributed by atoms with Crippen molar-refractivity contribution in [2.75, 3.05) is 5.43 Å². The first kappa shape index (κ1) is 8.13. The Bertz CT molecular complexity index is 629. The molecule has 15 heavy (non-hydrogen) atoms. The molecule has 6 nitrogen and oxygen atoms in total. The fourth-order valence-corrected chi connectivity index (χ4v) is 1.58. The number of rotatable bonds is 1. The molecule has 0 spiro atoms. The van der Waals surface area contributed by atoms with Gasteiger partial charge in [0.25, 0.3) is 0 Å². The van der Waals surface area contributed by atoms with Gasteiger partial charge in [-0.1, -0.05) is 0 Å². The molecule has 6 heteroatoms. The number of hydrogen-bond donors (Lipinski definition) is 2. The lowest BCUT2D eigenvalue weighted by atomic mass is 10.4. The first-order chi connectivity index (χ1) is 7.40. The zero-order valence-electron chi connectivity index (χ0n) is 7.75. The van der Waals surface area contributed by atoms with Crippen LogP contribution >= 0.6 is 0 Å². The molecule has 0 fully saturated rings. The maximum atomic E-state index is 5.38. The van der Waals surface area contributed by atoms with Crippen molar-refractivity contribution in [1.29, 1.82) is 0 Å². The second kappa shape index (κ2) is 2.89. The summed E-state index contributed by atoms with van der Waals surface area (Å²) in [7, 11) is 0. The Morgan fingerprint density at radius 2 is 2.07 bits per heavy atom. The first-order valence-corrected chi connectivity index (χ1v) is 4.44. The van der Waals surface area contributed by atoms with Gasteiger partial charge in [0.15, 0.2) is 17.1 Å². The Morgan fingerprint density at radius 3 is 2.93 bits per heavy atom. The summed E-state index contributed by atoms with van der Waals surface area (Å²) in [5.41, 5.74) is 4.74. The SMILES string of the molecule is NNc1nc2cccnc2n2ccnc12. The highest BCUT2D eigenvalue weighted by Gasteiger charge is 2.07. The molecule has 0 radical (unpaired) electrons. The van der Waals surface area contributed by atoms with Crippen LogP contribution in [-0.4, -0.2) is 19.4 Å². The molecular weight excluding hydrogens is 192 g/mol. The summed E-state index contributed by atoms with van der Waals surface area (Å²) in [6, 6.07) is 3.71. The van der Waals surface area contributed by atoms with E-state index in [9.17, 15) is 0 Å². The van der Waals surface area contributed by atoms with Crippen LogP contribution in [0.15, 0.2) is 30.7 Å². The molecule has 0 unspecified atom stereocenters. The van der Waals surface area contributed by atoms with Gasteiger partial charge in [0, 0.05) is 18.6 Å². The van der Waals surface area contributed by atoms with Crippen molar-refractivity contribution in [2.45, 2.75) is 0 Å². The van der Waals surface area contributed by atoms with E-state index in [2.05, 4.69) is 20.4 Å². The van der Waals surface area contributed by atoms with Crippen LogP contribution in [0.5, 0.6) is 0 Å². The molecule has 0 aromatic carbocycles. The third-order valence-corrected chi connectivity index (χ3v) is 2.22. The summed E-state index contributed by atoms with van der Waals surface area (Å²) in [6.07, 6.45) is 5.23. The van der Waals surface area contributed by atoms with Gasteiger partial charge >= 0.3 is 0 Å². The summed E-state index contributed by atoms with van der Waals surface area (Å²) in [4.78, 5) is 12.7. The monoisotopic (exact) mass is 200 g/mol. The second-order valence-corrected chi connectivity index (χ2v) is 3.07. The molecule has 0 aliphatic rings. The number of anilines is 1. The van der Waals surface area contributed by atoms with Crippen LogP contribution in [0, 0.1) is 0 Å². The van der Waals surface area contributed by atoms with E-state index in [0.29, 0.717) is 11.5 Å². The number of aromatic nitrogens is 4. The smallest absolute Gasteiger partial charge is 0.185 e. The summed E-state index contributed by atoms with van der Waals surface area (Å²) in [6.45, 7) is 0. The number of nitrogen functional groups attached to an aromatic ring is 1. The Balaban J connectivity index is 2.57. The highest BCUT2D eigenvalue weighted by Crippen LogP contribution is 2.17. The van der Waals surface area contributed by atoms with Gasteiger partial charge < -0.3 is 5.43 Å². The lowest BCUT2D eigenvalue weighted by molar-refractivity contribution is 1.14. The molecular formula is C9H8N6. The zero-order chi connectivity index (χ0) is 10.3. The van der Waals surface area contributed by atoms with E-state index in [0.717, 1.165) is 11.2 Å². The second-order valence-electron chi connectivity index (χ2n) is 3.07. The lowest BCUT2D eigenvalue weighted by Crippen LogP contribution is -2.11. The van der Waals surface area contributed by atoms with Crippen molar-refractivity contribution in [3.63, 3.8) is 0 Å². The molecule has 3 aromatic heterocycles. The van der Waals surface area contributed by atoms with Gasteiger partial charge in [-0.05, 0) is 12.1 Å². The molecule has 0 bridgehead atoms. The summed E-state index contributed by atoms with van der Waals surface area (Å²) in [5.74, 6) is 5.92. The molecule has 74 valence electrons. The van der Waals surface area contributed by atoms with E-state index in [4.69, 9.17) is 5.84 Å². The number of nitrogens with one attached hydrogen (secondary N) is 1. The van der Waals surface area contributed by atoms with Crippen LogP contribution < -0.4 is 11.3 Å². The quantitative estimate of drug-likeness (QED) is 0.443. The highest BCUT2D eigenvalue weighted by atomic mass is 15.3. The third-order valence-electron chi connectivity index (χ3n) is 2.22. The van der Waals surface area contributed by atoms with Crippen molar-refractivity contribution < 1.29 is 0 Å². The molecule has 3 aromatic rings. The maximum Gasteiger partial charge on any atom is 0.185 e. The summed E-state index contributed by atoms with van der Waals surface area (Å²) in [5, 5.41) is 0. The number of pyridine rings is 1. The number of nitrogens with two attached hydrogens (primary N) is 1. The van der Waals surface area contributed by atoms with Crippen LogP contribution in [0.2, 0.25) is 0 Å². The fourth-order valence-electron chi connectivity index (χ4n) is 1.58. The Labute approximate surface area is 84.8 Å². The van der Waals surface area contributed by atoms with Crippen molar-refractivity contribution in [3.05, 3.63) is 30.7 Å². The van der Waals surface area contributed by atoms with Crippen molar-refractivity contribution >= 4 is 22.6 Å². The summed E-state index contributed by atoms with van der Waals surface area (Å²) < 4.78 is 1.84. The average molecular weight is 200 g/mol. The molecule has 3 heterocycles. The van der Waals surface area contributed by atoms with Crippen LogP contribution in [0.3, 0.4) is 0 Å². The average Bonchev–Trinajstić information content (AvgIpc) is 2.77. The van der Waals surface area contributed by atoms with E-state index >= 15 is 0 Å². The minimum Gasteiger partial charge on any atom is -0.305 e. The minimum atomic E-state index is 0.542. The number of fused-ring (bicyclic) bond motifs is 3. The third kappa shape index (κ3) is 1.05. The van der Waals surface area contributed by atoms with E-state index < -0.39 is 0 Å². The first-order valence-electron chi connectivity index (χ1n) is 4.44. The Kier molecular flexibility index (Phi) is 1.57. The van der Waals surface area contributed by atoms with Gasteiger partial charge in [-0.15, -0.1) is 0 Å². The normalized spacial score (nSPS) is 11.0. The Morgan fingerprint density at radius 1 is 1.20 bits per heavy atom. The minimum absolute atomic E-state index is 0.542. The van der Waals surface area contributed by atoms with Crippen molar-refractivity contribution in [2.24, 2.45) is 5.84 Å². The summed E-state index contributed by atoms with van der Waals surface area (Å²) >= 11 is 0. The van der Waals surface area contributed by atoms with Gasteiger partial charge in [0.1, 0.15) is 5.52 Å². The van der Waals surface area contributed by atoms with E-state index in [1.54, 1.807) is 12.4 Å². The molecule has 0 amide bonds. The highest BCUT2D eigenvalue weighted by molar-refractivity contribution is 5.79. The zero-order valence-corrected chi connectivity index (χ0v) is 7.75. The van der Waals surface area contributed by atoms with E-state index in [1.165, 1.54) is 0 Å². The number of nitrogens with zero attached hydrogens (tertiary/aromatic N) is 4. The van der Waals surface area contributed by atoms with E-state index in [1.807, 2.05) is 22.7 Å². The van der Waals surface area contributed by atoms with Crippen LogP contribution in [-0.2, 0) is 0 Å². The molecule has 0 saturated heterocycles. The molecule has 0 atom stereocenters. The van der Waals surface area contributed by atoms with Crippen LogP contribution in [0.4, 0.5) is 5.82 Å². The predicted molar refractivity (Wildman–Crippen MR) is 56.1 cm³/mol. The predicted octanol–water partition coefficient (Wildman–Crippen LogP) is 0.563. The maximum absolute atomic E-state index is 5.38. The van der Waals surface area contributed by atoms with Gasteiger partial charge in [-0.2, -0.15) is 0 Å². The largest absolute Gasteiger partial charge is 0.305 e. The van der Waals surface area contributed by atoms with Gasteiger partial charge in [-0.25, -0.2) is 20.8 Å². The number of hydrazine groups is 1. The van der Waals surface area contributed by atoms with Gasteiger partial charge in [0.2, 0.25) is 0 Å². The van der Waals surface area contributed by atoms with Gasteiger partial charge in [0.05, 0.1) is 0 Å². The molecule has 3 rings (SSSR count). The lowest BCUT2D eigenvalue weighted by Gasteiger charge is -2.04. The molecule has 0 aliphatic carbocycles. The number of hydrogen-bond acceptors (Lipinski definition) is 5. The van der Waals surface area contributed by atoms with E-state index in [-0.39, 0.29) is 0 Å².